The molecule has 1 fully saturated rings. The van der Waals surface area contributed by atoms with Crippen LogP contribution in [0.25, 0.3) is 16.8 Å². The third-order valence-electron chi connectivity index (χ3n) is 6.38. The van der Waals surface area contributed by atoms with Crippen LogP contribution in [0.1, 0.15) is 22.3 Å². The Morgan fingerprint density at radius 3 is 2.39 bits per heavy atom. The Balaban J connectivity index is 1.61. The van der Waals surface area contributed by atoms with E-state index in [4.69, 9.17) is 4.74 Å². The van der Waals surface area contributed by atoms with Crippen LogP contribution < -0.4 is 15.0 Å². The maximum Gasteiger partial charge on any atom is 0.335 e. The number of anilines is 1. The van der Waals surface area contributed by atoms with Crippen molar-refractivity contribution in [3.63, 3.8) is 0 Å². The van der Waals surface area contributed by atoms with Gasteiger partial charge in [-0.05, 0) is 59.5 Å². The molecule has 1 aliphatic heterocycles. The first-order valence-electron chi connectivity index (χ1n) is 11.6. The summed E-state index contributed by atoms with van der Waals surface area (Å²) in [4.78, 5) is 40.2. The second-order valence-corrected chi connectivity index (χ2v) is 8.65. The van der Waals surface area contributed by atoms with Crippen molar-refractivity contribution in [3.8, 4) is 5.75 Å². The maximum absolute atomic E-state index is 13.6. The maximum atomic E-state index is 13.6. The molecular formula is C30H24N2O4. The van der Waals surface area contributed by atoms with Gasteiger partial charge >= 0.3 is 6.03 Å². The average Bonchev–Trinajstić information content (AvgIpc) is 2.88. The first-order chi connectivity index (χ1) is 17.4. The molecular weight excluding hydrogens is 452 g/mol. The SMILES string of the molecule is Cc1cccc(N2C(=O)NC(=O)/C(=C\c3c(OCc4ccccc4)ccc4ccccc34)C2=O)c1C. The number of urea groups is 1. The fourth-order valence-electron chi connectivity index (χ4n) is 4.28. The second kappa shape index (κ2) is 9.50. The third-order valence-corrected chi connectivity index (χ3v) is 6.38. The van der Waals surface area contributed by atoms with Gasteiger partial charge in [-0.3, -0.25) is 14.9 Å². The van der Waals surface area contributed by atoms with Gasteiger partial charge in [0, 0.05) is 5.56 Å². The normalized spacial score (nSPS) is 14.9. The Hall–Kier alpha value is -4.71. The molecule has 4 aromatic rings. The highest BCUT2D eigenvalue weighted by Gasteiger charge is 2.37. The fourth-order valence-corrected chi connectivity index (χ4v) is 4.28. The van der Waals surface area contributed by atoms with E-state index in [1.807, 2.05) is 86.6 Å². The quantitative estimate of drug-likeness (QED) is 0.296. The lowest BCUT2D eigenvalue weighted by atomic mass is 9.99. The van der Waals surface area contributed by atoms with Gasteiger partial charge in [0.25, 0.3) is 11.8 Å². The number of barbiturate groups is 1. The lowest BCUT2D eigenvalue weighted by molar-refractivity contribution is -0.122. The number of ether oxygens (including phenoxy) is 1. The Morgan fingerprint density at radius 1 is 0.833 bits per heavy atom. The van der Waals surface area contributed by atoms with Crippen molar-refractivity contribution in [2.45, 2.75) is 20.5 Å². The van der Waals surface area contributed by atoms with E-state index >= 15 is 0 Å². The molecule has 0 bridgehead atoms. The molecule has 0 aromatic heterocycles. The van der Waals surface area contributed by atoms with Crippen LogP contribution in [0.5, 0.6) is 5.75 Å². The van der Waals surface area contributed by atoms with Crippen LogP contribution in [-0.2, 0) is 16.2 Å². The molecule has 1 N–H and O–H groups in total. The standard InChI is InChI=1S/C30H24N2O4/c1-19-9-8-14-26(20(19)2)32-29(34)25(28(33)31-30(32)35)17-24-23-13-7-6-12-22(23)15-16-27(24)36-18-21-10-4-3-5-11-21/h3-17H,18H2,1-2H3,(H,31,33,35)/b25-17+. The van der Waals surface area contributed by atoms with Crippen LogP contribution in [0.3, 0.4) is 0 Å². The molecule has 1 saturated heterocycles. The molecule has 0 unspecified atom stereocenters. The number of amides is 4. The van der Waals surface area contributed by atoms with Gasteiger partial charge in [0.05, 0.1) is 5.69 Å². The highest BCUT2D eigenvalue weighted by atomic mass is 16.5. The zero-order chi connectivity index (χ0) is 25.2. The number of hydrogen-bond acceptors (Lipinski definition) is 4. The topological polar surface area (TPSA) is 75.7 Å². The Bertz CT molecular complexity index is 1540. The first kappa shape index (κ1) is 23.1. The molecule has 0 aliphatic carbocycles. The summed E-state index contributed by atoms with van der Waals surface area (Å²) in [5.74, 6) is -0.895. The molecule has 4 amide bonds. The predicted octanol–water partition coefficient (Wildman–Crippen LogP) is 5.70. The predicted molar refractivity (Wildman–Crippen MR) is 140 cm³/mol. The van der Waals surface area contributed by atoms with Crippen LogP contribution >= 0.6 is 0 Å². The minimum absolute atomic E-state index is 0.142. The van der Waals surface area contributed by atoms with Crippen molar-refractivity contribution in [2.75, 3.05) is 4.90 Å². The molecule has 0 atom stereocenters. The Labute approximate surface area is 208 Å². The number of aryl methyl sites for hydroxylation is 1. The molecule has 4 aromatic carbocycles. The second-order valence-electron chi connectivity index (χ2n) is 8.65. The minimum Gasteiger partial charge on any atom is -0.488 e. The van der Waals surface area contributed by atoms with Gasteiger partial charge in [-0.25, -0.2) is 9.69 Å². The van der Waals surface area contributed by atoms with Crippen LogP contribution in [0.4, 0.5) is 10.5 Å². The number of nitrogens with one attached hydrogen (secondary N) is 1. The van der Waals surface area contributed by atoms with Crippen LogP contribution in [0.2, 0.25) is 0 Å². The summed E-state index contributed by atoms with van der Waals surface area (Å²) in [5.41, 5.74) is 3.60. The van der Waals surface area contributed by atoms with Crippen molar-refractivity contribution in [2.24, 2.45) is 0 Å². The monoisotopic (exact) mass is 476 g/mol. The summed E-state index contributed by atoms with van der Waals surface area (Å²) in [6.45, 7) is 4.06. The zero-order valence-electron chi connectivity index (χ0n) is 19.9. The molecule has 178 valence electrons. The molecule has 0 radical (unpaired) electrons. The van der Waals surface area contributed by atoms with E-state index in [0.717, 1.165) is 32.4 Å². The summed E-state index contributed by atoms with van der Waals surface area (Å²) < 4.78 is 6.14. The van der Waals surface area contributed by atoms with Gasteiger partial charge < -0.3 is 4.74 Å². The van der Waals surface area contributed by atoms with Crippen molar-refractivity contribution >= 4 is 40.4 Å². The van der Waals surface area contributed by atoms with Crippen LogP contribution in [0, 0.1) is 13.8 Å². The van der Waals surface area contributed by atoms with E-state index in [1.54, 1.807) is 12.1 Å². The molecule has 0 spiro atoms. The van der Waals surface area contributed by atoms with E-state index in [0.29, 0.717) is 23.6 Å². The van der Waals surface area contributed by atoms with Crippen LogP contribution in [0.15, 0.2) is 90.5 Å². The lowest BCUT2D eigenvalue weighted by Crippen LogP contribution is -2.54. The van der Waals surface area contributed by atoms with Crippen molar-refractivity contribution in [1.82, 2.24) is 5.32 Å². The molecule has 1 aliphatic rings. The number of hydrogen-bond donors (Lipinski definition) is 1. The van der Waals surface area contributed by atoms with Crippen LogP contribution in [-0.4, -0.2) is 17.8 Å². The number of nitrogens with zero attached hydrogens (tertiary/aromatic N) is 1. The van der Waals surface area contributed by atoms with Gasteiger partial charge in [0.2, 0.25) is 0 Å². The molecule has 6 nitrogen and oxygen atoms in total. The number of carbonyl (C=O) groups excluding carboxylic acids is 3. The van der Waals surface area contributed by atoms with E-state index < -0.39 is 17.8 Å². The van der Waals surface area contributed by atoms with E-state index in [9.17, 15) is 14.4 Å². The highest BCUT2D eigenvalue weighted by Crippen LogP contribution is 2.33. The van der Waals surface area contributed by atoms with E-state index in [1.165, 1.54) is 6.08 Å². The molecule has 6 heteroatoms. The zero-order valence-corrected chi connectivity index (χ0v) is 19.9. The van der Waals surface area contributed by atoms with Gasteiger partial charge in [0.15, 0.2) is 0 Å². The molecule has 0 saturated carbocycles. The Morgan fingerprint density at radius 2 is 1.58 bits per heavy atom. The number of benzene rings is 4. The fraction of sp³-hybridized carbons (Fsp3) is 0.100. The van der Waals surface area contributed by atoms with Gasteiger partial charge in [0.1, 0.15) is 17.9 Å². The largest absolute Gasteiger partial charge is 0.488 e. The summed E-state index contributed by atoms with van der Waals surface area (Å²) in [5, 5.41) is 4.08. The molecule has 1 heterocycles. The Kier molecular flexibility index (Phi) is 6.09. The molecule has 5 rings (SSSR count). The van der Waals surface area contributed by atoms with E-state index in [-0.39, 0.29) is 5.57 Å². The van der Waals surface area contributed by atoms with E-state index in [2.05, 4.69) is 5.32 Å². The third kappa shape index (κ3) is 4.25. The smallest absolute Gasteiger partial charge is 0.335 e. The molecule has 36 heavy (non-hydrogen) atoms. The van der Waals surface area contributed by atoms with Crippen molar-refractivity contribution in [3.05, 3.63) is 113 Å². The average molecular weight is 477 g/mol. The summed E-state index contributed by atoms with van der Waals surface area (Å²) in [7, 11) is 0. The summed E-state index contributed by atoms with van der Waals surface area (Å²) in [6.07, 6.45) is 1.52. The summed E-state index contributed by atoms with van der Waals surface area (Å²) in [6, 6.07) is 25.8. The van der Waals surface area contributed by atoms with Gasteiger partial charge in [-0.15, -0.1) is 0 Å². The number of carbonyl (C=O) groups is 3. The minimum atomic E-state index is -0.769. The number of imide groups is 2. The van der Waals surface area contributed by atoms with Gasteiger partial charge in [-0.1, -0.05) is 72.8 Å². The number of rotatable bonds is 5. The lowest BCUT2D eigenvalue weighted by Gasteiger charge is -2.28. The van der Waals surface area contributed by atoms with Crippen molar-refractivity contribution in [1.29, 1.82) is 0 Å². The number of fused-ring (bicyclic) bond motifs is 1. The van der Waals surface area contributed by atoms with Gasteiger partial charge in [-0.2, -0.15) is 0 Å². The first-order valence-corrected chi connectivity index (χ1v) is 11.6. The van der Waals surface area contributed by atoms with Crippen molar-refractivity contribution < 1.29 is 19.1 Å². The highest BCUT2D eigenvalue weighted by molar-refractivity contribution is 6.39. The summed E-state index contributed by atoms with van der Waals surface area (Å²) >= 11 is 0.